The summed E-state index contributed by atoms with van der Waals surface area (Å²) < 4.78 is 38.4. The van der Waals surface area contributed by atoms with Gasteiger partial charge >= 0.3 is 12.1 Å². The van der Waals surface area contributed by atoms with Gasteiger partial charge in [-0.15, -0.1) is 5.10 Å². The van der Waals surface area contributed by atoms with Crippen LogP contribution in [-0.2, 0) is 17.9 Å². The number of alkyl halides is 3. The van der Waals surface area contributed by atoms with Gasteiger partial charge in [0.05, 0.1) is 19.6 Å². The monoisotopic (exact) mass is 281 g/mol. The van der Waals surface area contributed by atoms with Crippen molar-refractivity contribution in [2.45, 2.75) is 32.6 Å². The molecule has 0 saturated heterocycles. The zero-order valence-corrected chi connectivity index (χ0v) is 10.3. The maximum absolute atomic E-state index is 12.3. The highest BCUT2D eigenvalue weighted by Gasteiger charge is 2.32. The van der Waals surface area contributed by atoms with Gasteiger partial charge in [0.15, 0.2) is 5.82 Å². The average molecular weight is 281 g/mol. The fraction of sp³-hybridized carbons (Fsp3) is 0.778. The Morgan fingerprint density at radius 3 is 2.68 bits per heavy atom. The first kappa shape index (κ1) is 15.3. The van der Waals surface area contributed by atoms with Crippen LogP contribution >= 0.6 is 0 Å². The molecule has 0 aliphatic carbocycles. The zero-order valence-electron chi connectivity index (χ0n) is 10.3. The molecule has 1 rings (SSSR count). The van der Waals surface area contributed by atoms with Gasteiger partial charge in [0.25, 0.3) is 0 Å². The highest BCUT2D eigenvalue weighted by molar-refractivity contribution is 5.69. The van der Waals surface area contributed by atoms with Crippen LogP contribution in [0.4, 0.5) is 13.2 Å². The van der Waals surface area contributed by atoms with Crippen LogP contribution < -0.4 is 0 Å². The van der Waals surface area contributed by atoms with Crippen LogP contribution in [-0.4, -0.2) is 55.4 Å². The van der Waals surface area contributed by atoms with E-state index in [2.05, 4.69) is 15.5 Å². The third-order valence-corrected chi connectivity index (χ3v) is 2.17. The number of aliphatic carboxylic acids is 1. The molecule has 0 spiro atoms. The van der Waals surface area contributed by atoms with Gasteiger partial charge in [0.2, 0.25) is 0 Å². The highest BCUT2D eigenvalue weighted by atomic mass is 19.4. The second kappa shape index (κ2) is 6.45. The predicted octanol–water partition coefficient (Wildman–Crippen LogP) is 0.532. The summed E-state index contributed by atoms with van der Waals surface area (Å²) in [5.74, 6) is -1.12. The minimum absolute atomic E-state index is 0.215. The molecule has 0 fully saturated rings. The van der Waals surface area contributed by atoms with E-state index in [0.29, 0.717) is 6.54 Å². The SMILES string of the molecule is CCCn1nnnc1CN(CC(=O)O)CC(F)(F)F. The van der Waals surface area contributed by atoms with Crippen molar-refractivity contribution in [3.8, 4) is 0 Å². The summed E-state index contributed by atoms with van der Waals surface area (Å²) in [5, 5.41) is 19.2. The zero-order chi connectivity index (χ0) is 14.5. The lowest BCUT2D eigenvalue weighted by molar-refractivity contribution is -0.155. The van der Waals surface area contributed by atoms with E-state index >= 15 is 0 Å². The van der Waals surface area contributed by atoms with Crippen LogP contribution in [0.5, 0.6) is 0 Å². The molecule has 0 atom stereocenters. The van der Waals surface area contributed by atoms with Crippen LogP contribution in [0.1, 0.15) is 19.2 Å². The summed E-state index contributed by atoms with van der Waals surface area (Å²) in [7, 11) is 0. The second-order valence-corrected chi connectivity index (χ2v) is 3.97. The van der Waals surface area contributed by atoms with Gasteiger partial charge in [-0.25, -0.2) is 4.68 Å². The molecule has 0 unspecified atom stereocenters. The molecule has 1 aromatic heterocycles. The standard InChI is InChI=1S/C9H14F3N5O2/c1-2-3-17-7(13-14-15-17)4-16(5-8(18)19)6-9(10,11)12/h2-6H2,1H3,(H,18,19). The number of aryl methyl sites for hydroxylation is 1. The summed E-state index contributed by atoms with van der Waals surface area (Å²) in [4.78, 5) is 11.3. The number of tetrazole rings is 1. The first-order valence-corrected chi connectivity index (χ1v) is 5.57. The minimum Gasteiger partial charge on any atom is -0.480 e. The smallest absolute Gasteiger partial charge is 0.401 e. The number of hydrogen-bond acceptors (Lipinski definition) is 5. The van der Waals surface area contributed by atoms with Crippen molar-refractivity contribution in [1.29, 1.82) is 0 Å². The normalized spacial score (nSPS) is 12.1. The number of nitrogens with zero attached hydrogens (tertiary/aromatic N) is 5. The van der Waals surface area contributed by atoms with Crippen molar-refractivity contribution >= 4 is 5.97 Å². The predicted molar refractivity (Wildman–Crippen MR) is 57.1 cm³/mol. The van der Waals surface area contributed by atoms with Gasteiger partial charge in [-0.3, -0.25) is 9.69 Å². The molecule has 108 valence electrons. The van der Waals surface area contributed by atoms with E-state index in [9.17, 15) is 18.0 Å². The molecule has 0 radical (unpaired) electrons. The summed E-state index contributed by atoms with van der Waals surface area (Å²) in [6, 6.07) is 0. The molecule has 0 aliphatic rings. The lowest BCUT2D eigenvalue weighted by Crippen LogP contribution is -2.38. The van der Waals surface area contributed by atoms with Crippen LogP contribution in [0.25, 0.3) is 0 Å². The van der Waals surface area contributed by atoms with E-state index in [-0.39, 0.29) is 12.4 Å². The van der Waals surface area contributed by atoms with E-state index in [1.165, 1.54) is 4.68 Å². The van der Waals surface area contributed by atoms with Crippen molar-refractivity contribution in [3.63, 3.8) is 0 Å². The quantitative estimate of drug-likeness (QED) is 0.785. The van der Waals surface area contributed by atoms with Crippen LogP contribution in [0.3, 0.4) is 0 Å². The van der Waals surface area contributed by atoms with Crippen LogP contribution in [0, 0.1) is 0 Å². The Bertz CT molecular complexity index is 420. The van der Waals surface area contributed by atoms with Gasteiger partial charge in [0.1, 0.15) is 0 Å². The van der Waals surface area contributed by atoms with Crippen LogP contribution in [0.2, 0.25) is 0 Å². The summed E-state index contributed by atoms with van der Waals surface area (Å²) in [6.45, 7) is 0.0288. The molecule has 0 saturated carbocycles. The largest absolute Gasteiger partial charge is 0.480 e. The second-order valence-electron chi connectivity index (χ2n) is 3.97. The van der Waals surface area contributed by atoms with Gasteiger partial charge in [0, 0.05) is 6.54 Å². The van der Waals surface area contributed by atoms with E-state index in [1.54, 1.807) is 0 Å². The number of carbonyl (C=O) groups is 1. The topological polar surface area (TPSA) is 84.1 Å². The maximum atomic E-state index is 12.3. The molecular weight excluding hydrogens is 267 g/mol. The van der Waals surface area contributed by atoms with Crippen molar-refractivity contribution in [2.75, 3.05) is 13.1 Å². The van der Waals surface area contributed by atoms with E-state index < -0.39 is 25.2 Å². The maximum Gasteiger partial charge on any atom is 0.401 e. The van der Waals surface area contributed by atoms with E-state index in [1.807, 2.05) is 6.92 Å². The van der Waals surface area contributed by atoms with Crippen molar-refractivity contribution in [2.24, 2.45) is 0 Å². The lowest BCUT2D eigenvalue weighted by Gasteiger charge is -2.20. The number of hydrogen-bond donors (Lipinski definition) is 1. The fourth-order valence-corrected chi connectivity index (χ4v) is 1.53. The van der Waals surface area contributed by atoms with Crippen molar-refractivity contribution in [3.05, 3.63) is 5.82 Å². The number of carboxylic acid groups (broad SMARTS) is 1. The van der Waals surface area contributed by atoms with Gasteiger partial charge in [-0.1, -0.05) is 6.92 Å². The lowest BCUT2D eigenvalue weighted by atomic mass is 10.4. The number of rotatable bonds is 7. The van der Waals surface area contributed by atoms with Gasteiger partial charge in [-0.2, -0.15) is 13.2 Å². The Labute approximate surface area is 107 Å². The molecule has 1 N–H and O–H groups in total. The Hall–Kier alpha value is -1.71. The first-order chi connectivity index (χ1) is 8.81. The third-order valence-electron chi connectivity index (χ3n) is 2.17. The van der Waals surface area contributed by atoms with E-state index in [4.69, 9.17) is 5.11 Å². The minimum atomic E-state index is -4.47. The number of carboxylic acids is 1. The Kier molecular flexibility index (Phi) is 5.21. The van der Waals surface area contributed by atoms with Crippen molar-refractivity contribution in [1.82, 2.24) is 25.1 Å². The molecular formula is C9H14F3N5O2. The van der Waals surface area contributed by atoms with Crippen molar-refractivity contribution < 1.29 is 23.1 Å². The molecule has 0 aliphatic heterocycles. The number of aromatic nitrogens is 4. The van der Waals surface area contributed by atoms with Crippen LogP contribution in [0.15, 0.2) is 0 Å². The summed E-state index contributed by atoms with van der Waals surface area (Å²) >= 11 is 0. The molecule has 19 heavy (non-hydrogen) atoms. The van der Waals surface area contributed by atoms with Gasteiger partial charge < -0.3 is 5.11 Å². The molecule has 7 nitrogen and oxygen atoms in total. The fourth-order valence-electron chi connectivity index (χ4n) is 1.53. The van der Waals surface area contributed by atoms with E-state index in [0.717, 1.165) is 11.3 Å². The Morgan fingerprint density at radius 1 is 1.47 bits per heavy atom. The molecule has 0 amide bonds. The number of halogens is 3. The first-order valence-electron chi connectivity index (χ1n) is 5.57. The summed E-state index contributed by atoms with van der Waals surface area (Å²) in [5.41, 5.74) is 0. The molecule has 0 aromatic carbocycles. The van der Waals surface area contributed by atoms with Gasteiger partial charge in [-0.05, 0) is 16.8 Å². The molecule has 1 heterocycles. The molecule has 10 heteroatoms. The third kappa shape index (κ3) is 5.64. The average Bonchev–Trinajstić information content (AvgIpc) is 2.62. The highest BCUT2D eigenvalue weighted by Crippen LogP contribution is 2.17. The Morgan fingerprint density at radius 2 is 2.16 bits per heavy atom. The molecule has 1 aromatic rings. The molecule has 0 bridgehead atoms. The summed E-state index contributed by atoms with van der Waals surface area (Å²) in [6.07, 6.45) is -3.76. The Balaban J connectivity index is 2.75.